The van der Waals surface area contributed by atoms with Gasteiger partial charge in [0.1, 0.15) is 5.82 Å². The maximum absolute atomic E-state index is 12.9. The van der Waals surface area contributed by atoms with Gasteiger partial charge in [-0.3, -0.25) is 4.79 Å². The average molecular weight is 493 g/mol. The van der Waals surface area contributed by atoms with Gasteiger partial charge in [-0.2, -0.15) is 0 Å². The van der Waals surface area contributed by atoms with Crippen LogP contribution in [0.5, 0.6) is 0 Å². The normalized spacial score (nSPS) is 15.6. The van der Waals surface area contributed by atoms with Crippen molar-refractivity contribution >= 4 is 21.2 Å². The lowest BCUT2D eigenvalue weighted by atomic mass is 9.97. The molecule has 1 aliphatic rings. The first-order valence-electron chi connectivity index (χ1n) is 11.7. The zero-order valence-electron chi connectivity index (χ0n) is 19.8. The van der Waals surface area contributed by atoms with Crippen LogP contribution in [-0.2, 0) is 22.3 Å². The first-order valence-corrected chi connectivity index (χ1v) is 13.3. The molecular formula is C25H28N6O3S. The van der Waals surface area contributed by atoms with Crippen LogP contribution < -0.4 is 5.56 Å². The summed E-state index contributed by atoms with van der Waals surface area (Å²) < 4.78 is 29.0. The summed E-state index contributed by atoms with van der Waals surface area (Å²) in [5.41, 5.74) is 4.49. The fourth-order valence-electron chi connectivity index (χ4n) is 4.60. The molecule has 0 bridgehead atoms. The van der Waals surface area contributed by atoms with Crippen molar-refractivity contribution in [3.8, 4) is 0 Å². The van der Waals surface area contributed by atoms with Gasteiger partial charge in [-0.05, 0) is 43.4 Å². The van der Waals surface area contributed by atoms with Crippen LogP contribution in [0.1, 0.15) is 46.8 Å². The third-order valence-electron chi connectivity index (χ3n) is 6.64. The Labute approximate surface area is 203 Å². The quantitative estimate of drug-likeness (QED) is 0.443. The molecule has 5 rings (SSSR count). The Balaban J connectivity index is 1.35. The van der Waals surface area contributed by atoms with Gasteiger partial charge in [0.05, 0.1) is 12.3 Å². The van der Waals surface area contributed by atoms with Gasteiger partial charge in [-0.25, -0.2) is 22.4 Å². The largest absolute Gasteiger partial charge is 0.308 e. The number of nitrogens with one attached hydrogen (secondary N) is 1. The van der Waals surface area contributed by atoms with Gasteiger partial charge in [0, 0.05) is 19.0 Å². The molecule has 0 amide bonds. The van der Waals surface area contributed by atoms with Gasteiger partial charge in [0.2, 0.25) is 10.0 Å². The molecule has 2 aromatic carbocycles. The molecule has 1 saturated heterocycles. The summed E-state index contributed by atoms with van der Waals surface area (Å²) in [7, 11) is -3.41. The Morgan fingerprint density at radius 3 is 2.54 bits per heavy atom. The van der Waals surface area contributed by atoms with Crippen molar-refractivity contribution in [2.45, 2.75) is 44.9 Å². The van der Waals surface area contributed by atoms with Gasteiger partial charge >= 0.3 is 0 Å². The summed E-state index contributed by atoms with van der Waals surface area (Å²) in [6, 6.07) is 15.4. The molecule has 1 aliphatic heterocycles. The van der Waals surface area contributed by atoms with Crippen LogP contribution in [0.4, 0.5) is 0 Å². The number of fused-ring (bicyclic) bond motifs is 1. The summed E-state index contributed by atoms with van der Waals surface area (Å²) >= 11 is 0. The highest BCUT2D eigenvalue weighted by molar-refractivity contribution is 7.88. The van der Waals surface area contributed by atoms with E-state index in [0.717, 1.165) is 22.3 Å². The van der Waals surface area contributed by atoms with E-state index in [4.69, 9.17) is 4.98 Å². The number of hydrogen-bond acceptors (Lipinski definition) is 6. The minimum atomic E-state index is -3.41. The molecule has 0 saturated carbocycles. The second-order valence-corrected chi connectivity index (χ2v) is 11.2. The van der Waals surface area contributed by atoms with E-state index in [9.17, 15) is 13.2 Å². The van der Waals surface area contributed by atoms with Crippen molar-refractivity contribution in [2.24, 2.45) is 0 Å². The van der Waals surface area contributed by atoms with E-state index in [-0.39, 0.29) is 22.7 Å². The fourth-order valence-corrected chi connectivity index (χ4v) is 6.16. The first-order chi connectivity index (χ1) is 16.8. The fraction of sp³-hybridized carbons (Fsp3) is 0.360. The molecule has 4 aromatic rings. The molecule has 2 aromatic heterocycles. The van der Waals surface area contributed by atoms with Crippen molar-refractivity contribution < 1.29 is 8.42 Å². The third kappa shape index (κ3) is 4.89. The number of rotatable bonds is 6. The maximum atomic E-state index is 12.9. The van der Waals surface area contributed by atoms with Gasteiger partial charge < -0.3 is 4.98 Å². The number of benzene rings is 2. The molecule has 1 N–H and O–H groups in total. The molecule has 3 heterocycles. The van der Waals surface area contributed by atoms with E-state index in [2.05, 4.69) is 33.5 Å². The van der Waals surface area contributed by atoms with Crippen molar-refractivity contribution in [2.75, 3.05) is 13.1 Å². The lowest BCUT2D eigenvalue weighted by molar-refractivity contribution is 0.313. The van der Waals surface area contributed by atoms with Crippen LogP contribution in [0.25, 0.3) is 11.2 Å². The molecule has 0 spiro atoms. The highest BCUT2D eigenvalue weighted by atomic mass is 32.2. The number of H-pyrrole nitrogens is 1. The molecule has 0 aliphatic carbocycles. The zero-order valence-corrected chi connectivity index (χ0v) is 20.6. The summed E-state index contributed by atoms with van der Waals surface area (Å²) in [5, 5.41) is 8.25. The molecular weight excluding hydrogens is 464 g/mol. The molecule has 182 valence electrons. The number of aromatic amines is 1. The topological polar surface area (TPSA) is 114 Å². The Bertz CT molecular complexity index is 1520. The van der Waals surface area contributed by atoms with Crippen molar-refractivity contribution in [3.63, 3.8) is 0 Å². The first kappa shape index (κ1) is 23.4. The van der Waals surface area contributed by atoms with E-state index >= 15 is 0 Å². The minimum Gasteiger partial charge on any atom is -0.308 e. The standard InChI is InChI=1S/C25H28N6O3S/c1-17-8-9-18(2)21(14-17)15-31-24-22(28-29-31)25(32)27-23(26-24)20-10-12-30(13-11-20)35(33,34)16-19-6-4-3-5-7-19/h3-9,14,20H,10-13,15-16H2,1-2H3,(H,26,27,32). The second kappa shape index (κ2) is 9.35. The van der Waals surface area contributed by atoms with E-state index in [1.165, 1.54) is 0 Å². The predicted octanol–water partition coefficient (Wildman–Crippen LogP) is 2.89. The molecule has 35 heavy (non-hydrogen) atoms. The van der Waals surface area contributed by atoms with Gasteiger partial charge in [0.15, 0.2) is 11.2 Å². The van der Waals surface area contributed by atoms with E-state index in [0.29, 0.717) is 43.9 Å². The lowest BCUT2D eigenvalue weighted by Crippen LogP contribution is -2.39. The Hall–Kier alpha value is -3.37. The molecule has 9 nitrogen and oxygen atoms in total. The third-order valence-corrected chi connectivity index (χ3v) is 8.49. The van der Waals surface area contributed by atoms with Crippen LogP contribution in [-0.4, -0.2) is 50.8 Å². The van der Waals surface area contributed by atoms with Crippen LogP contribution in [0.2, 0.25) is 0 Å². The Morgan fingerprint density at radius 2 is 1.80 bits per heavy atom. The van der Waals surface area contributed by atoms with Crippen molar-refractivity contribution in [1.82, 2.24) is 29.3 Å². The van der Waals surface area contributed by atoms with Gasteiger partial charge in [-0.1, -0.05) is 59.3 Å². The summed E-state index contributed by atoms with van der Waals surface area (Å²) in [4.78, 5) is 20.3. The Morgan fingerprint density at radius 1 is 1.06 bits per heavy atom. The number of hydrogen-bond donors (Lipinski definition) is 1. The van der Waals surface area contributed by atoms with Gasteiger partial charge in [-0.15, -0.1) is 5.10 Å². The molecule has 0 radical (unpaired) electrons. The summed E-state index contributed by atoms with van der Waals surface area (Å²) in [5.74, 6) is 0.509. The monoisotopic (exact) mass is 492 g/mol. The molecule has 10 heteroatoms. The maximum Gasteiger partial charge on any atom is 0.281 e. The number of aryl methyl sites for hydroxylation is 2. The predicted molar refractivity (Wildman–Crippen MR) is 134 cm³/mol. The zero-order chi connectivity index (χ0) is 24.6. The van der Waals surface area contributed by atoms with Gasteiger partial charge in [0.25, 0.3) is 5.56 Å². The summed E-state index contributed by atoms with van der Waals surface area (Å²) in [6.45, 7) is 5.33. The molecule has 0 unspecified atom stereocenters. The molecule has 0 atom stereocenters. The van der Waals surface area contributed by atoms with E-state index in [1.54, 1.807) is 8.99 Å². The highest BCUT2D eigenvalue weighted by Gasteiger charge is 2.30. The van der Waals surface area contributed by atoms with Crippen molar-refractivity contribution in [1.29, 1.82) is 0 Å². The number of nitrogens with zero attached hydrogens (tertiary/aromatic N) is 5. The second-order valence-electron chi connectivity index (χ2n) is 9.22. The summed E-state index contributed by atoms with van der Waals surface area (Å²) in [6.07, 6.45) is 1.17. The van der Waals surface area contributed by atoms with Crippen LogP contribution in [0.15, 0.2) is 53.3 Å². The van der Waals surface area contributed by atoms with Crippen LogP contribution in [0, 0.1) is 13.8 Å². The van der Waals surface area contributed by atoms with E-state index in [1.807, 2.05) is 44.2 Å². The minimum absolute atomic E-state index is 0.0111. The molecule has 1 fully saturated rings. The van der Waals surface area contributed by atoms with Crippen molar-refractivity contribution in [3.05, 3.63) is 87.0 Å². The lowest BCUT2D eigenvalue weighted by Gasteiger charge is -2.30. The average Bonchev–Trinajstić information content (AvgIpc) is 3.25. The number of sulfonamides is 1. The Kier molecular flexibility index (Phi) is 6.24. The number of aromatic nitrogens is 5. The van der Waals surface area contributed by atoms with Crippen LogP contribution in [0.3, 0.4) is 0 Å². The highest BCUT2D eigenvalue weighted by Crippen LogP contribution is 2.28. The van der Waals surface area contributed by atoms with E-state index < -0.39 is 10.0 Å². The number of piperidine rings is 1. The smallest absolute Gasteiger partial charge is 0.281 e. The van der Waals surface area contributed by atoms with Crippen LogP contribution >= 0.6 is 0 Å². The SMILES string of the molecule is Cc1ccc(C)c(Cn2nnc3c(=O)[nH]c(C4CCN(S(=O)(=O)Cc5ccccc5)CC4)nc32)c1.